The molecule has 0 amide bonds. The van der Waals surface area contributed by atoms with Crippen LogP contribution in [0.5, 0.6) is 0 Å². The molecule has 96 valence electrons. The third-order valence-electron chi connectivity index (χ3n) is 3.11. The fraction of sp³-hybridized carbons (Fsp3) is 0.600. The van der Waals surface area contributed by atoms with Gasteiger partial charge in [0.15, 0.2) is 0 Å². The summed E-state index contributed by atoms with van der Waals surface area (Å²) in [6.45, 7) is 7.45. The van der Waals surface area contributed by atoms with E-state index >= 15 is 0 Å². The monoisotopic (exact) mass is 298 g/mol. The van der Waals surface area contributed by atoms with Crippen molar-refractivity contribution in [3.63, 3.8) is 0 Å². The van der Waals surface area contributed by atoms with E-state index in [4.69, 9.17) is 4.74 Å². The summed E-state index contributed by atoms with van der Waals surface area (Å²) in [5.41, 5.74) is 1.02. The molecule has 0 aromatic heterocycles. The summed E-state index contributed by atoms with van der Waals surface area (Å²) in [6.07, 6.45) is 2.45. The Balaban J connectivity index is 2.63. The lowest BCUT2D eigenvalue weighted by molar-refractivity contribution is -0.0338. The van der Waals surface area contributed by atoms with Crippen molar-refractivity contribution in [1.29, 1.82) is 0 Å². The van der Waals surface area contributed by atoms with Crippen molar-refractivity contribution in [3.8, 4) is 0 Å². The maximum Gasteiger partial charge on any atom is 0.0999 e. The van der Waals surface area contributed by atoms with Gasteiger partial charge in [-0.25, -0.2) is 0 Å². The van der Waals surface area contributed by atoms with Crippen LogP contribution in [0.2, 0.25) is 0 Å². The van der Waals surface area contributed by atoms with E-state index in [1.54, 1.807) is 0 Å². The van der Waals surface area contributed by atoms with Gasteiger partial charge in [0.2, 0.25) is 0 Å². The van der Waals surface area contributed by atoms with E-state index in [-0.39, 0.29) is 5.60 Å². The van der Waals surface area contributed by atoms with Crippen LogP contribution >= 0.6 is 15.9 Å². The van der Waals surface area contributed by atoms with Crippen LogP contribution in [0.15, 0.2) is 30.3 Å². The molecule has 17 heavy (non-hydrogen) atoms. The zero-order chi connectivity index (χ0) is 12.7. The topological polar surface area (TPSA) is 9.23 Å². The normalized spacial score (nSPS) is 16.5. The highest BCUT2D eigenvalue weighted by atomic mass is 79.9. The van der Waals surface area contributed by atoms with Gasteiger partial charge in [0.05, 0.1) is 12.2 Å². The Morgan fingerprint density at radius 2 is 1.94 bits per heavy atom. The Hall–Kier alpha value is -0.340. The van der Waals surface area contributed by atoms with Gasteiger partial charge in [-0.05, 0) is 24.8 Å². The lowest BCUT2D eigenvalue weighted by Gasteiger charge is -2.30. The molecule has 1 aromatic rings. The van der Waals surface area contributed by atoms with Crippen LogP contribution in [-0.2, 0) is 10.3 Å². The second kappa shape index (κ2) is 7.17. The number of rotatable bonds is 7. The minimum atomic E-state index is -0.219. The number of benzene rings is 1. The third-order valence-corrected chi connectivity index (χ3v) is 4.18. The van der Waals surface area contributed by atoms with Crippen molar-refractivity contribution in [1.82, 2.24) is 0 Å². The molecule has 0 saturated carbocycles. The molecule has 2 unspecified atom stereocenters. The highest BCUT2D eigenvalue weighted by Gasteiger charge is 2.26. The van der Waals surface area contributed by atoms with Crippen molar-refractivity contribution >= 4 is 15.9 Å². The van der Waals surface area contributed by atoms with Crippen LogP contribution in [0.1, 0.15) is 39.2 Å². The fourth-order valence-corrected chi connectivity index (χ4v) is 2.38. The second-order valence-corrected chi connectivity index (χ2v) is 5.50. The Labute approximate surface area is 114 Å². The Morgan fingerprint density at radius 3 is 2.47 bits per heavy atom. The van der Waals surface area contributed by atoms with Crippen LogP contribution in [0.25, 0.3) is 0 Å². The molecule has 0 aliphatic carbocycles. The molecule has 0 bridgehead atoms. The molecule has 0 radical (unpaired) electrons. The van der Waals surface area contributed by atoms with Crippen LogP contribution in [0.4, 0.5) is 0 Å². The summed E-state index contributed by atoms with van der Waals surface area (Å²) < 4.78 is 6.13. The minimum Gasteiger partial charge on any atom is -0.369 e. The van der Waals surface area contributed by atoms with Crippen LogP contribution < -0.4 is 0 Å². The number of ether oxygens (including phenoxy) is 1. The highest BCUT2D eigenvalue weighted by molar-refractivity contribution is 9.09. The van der Waals surface area contributed by atoms with Crippen LogP contribution in [0.3, 0.4) is 0 Å². The molecule has 1 nitrogen and oxygen atoms in total. The van der Waals surface area contributed by atoms with E-state index in [0.29, 0.717) is 5.92 Å². The van der Waals surface area contributed by atoms with Crippen molar-refractivity contribution in [3.05, 3.63) is 35.9 Å². The third kappa shape index (κ3) is 4.44. The summed E-state index contributed by atoms with van der Waals surface area (Å²) in [7, 11) is 0. The van der Waals surface area contributed by atoms with Crippen LogP contribution in [-0.4, -0.2) is 11.9 Å². The predicted molar refractivity (Wildman–Crippen MR) is 77.6 cm³/mol. The van der Waals surface area contributed by atoms with Gasteiger partial charge in [-0.1, -0.05) is 66.5 Å². The molecule has 0 aliphatic heterocycles. The van der Waals surface area contributed by atoms with Crippen molar-refractivity contribution in [2.24, 2.45) is 5.92 Å². The number of halogens is 1. The lowest BCUT2D eigenvalue weighted by Crippen LogP contribution is -2.29. The summed E-state index contributed by atoms with van der Waals surface area (Å²) >= 11 is 3.57. The number of alkyl halides is 1. The largest absolute Gasteiger partial charge is 0.369 e. The van der Waals surface area contributed by atoms with Gasteiger partial charge in [0, 0.05) is 5.33 Å². The van der Waals surface area contributed by atoms with E-state index in [9.17, 15) is 0 Å². The summed E-state index contributed by atoms with van der Waals surface area (Å²) in [6, 6.07) is 10.4. The second-order valence-electron chi connectivity index (χ2n) is 4.94. The van der Waals surface area contributed by atoms with Gasteiger partial charge in [-0.15, -0.1) is 0 Å². The number of hydrogen-bond donors (Lipinski definition) is 0. The zero-order valence-electron chi connectivity index (χ0n) is 11.1. The van der Waals surface area contributed by atoms with Gasteiger partial charge in [-0.3, -0.25) is 0 Å². The van der Waals surface area contributed by atoms with Crippen molar-refractivity contribution < 1.29 is 4.74 Å². The molecule has 0 fully saturated rings. The minimum absolute atomic E-state index is 0.219. The first-order valence-electron chi connectivity index (χ1n) is 6.38. The van der Waals surface area contributed by atoms with Gasteiger partial charge in [0.1, 0.15) is 0 Å². The highest BCUT2D eigenvalue weighted by Crippen LogP contribution is 2.28. The Morgan fingerprint density at radius 1 is 1.29 bits per heavy atom. The predicted octanol–water partition coefficient (Wildman–Crippen LogP) is 4.75. The summed E-state index contributed by atoms with van der Waals surface area (Å²) in [4.78, 5) is 0. The van der Waals surface area contributed by atoms with E-state index in [2.05, 4.69) is 61.0 Å². The molecule has 0 aliphatic rings. The zero-order valence-corrected chi connectivity index (χ0v) is 12.7. The lowest BCUT2D eigenvalue weighted by atomic mass is 9.97. The molecular weight excluding hydrogens is 276 g/mol. The molecule has 0 spiro atoms. The molecule has 1 rings (SSSR count). The van der Waals surface area contributed by atoms with Crippen LogP contribution in [0, 0.1) is 5.92 Å². The molecular formula is C15H23BrO. The van der Waals surface area contributed by atoms with E-state index in [1.165, 1.54) is 18.4 Å². The van der Waals surface area contributed by atoms with Gasteiger partial charge in [0.25, 0.3) is 0 Å². The average molecular weight is 299 g/mol. The quantitative estimate of drug-likeness (QED) is 0.660. The van der Waals surface area contributed by atoms with E-state index in [1.807, 2.05) is 6.07 Å². The number of hydrogen-bond acceptors (Lipinski definition) is 1. The summed E-state index contributed by atoms with van der Waals surface area (Å²) in [5, 5.41) is 0.822. The van der Waals surface area contributed by atoms with E-state index in [0.717, 1.165) is 11.9 Å². The molecule has 0 heterocycles. The SMILES string of the molecule is CCCC(C)COC(C)(CBr)c1ccccc1. The standard InChI is InChI=1S/C15H23BrO/c1-4-8-13(2)11-17-15(3,12-16)14-9-6-5-7-10-14/h5-7,9-10,13H,4,8,11-12H2,1-3H3. The van der Waals surface area contributed by atoms with Gasteiger partial charge >= 0.3 is 0 Å². The summed E-state index contributed by atoms with van der Waals surface area (Å²) in [5.74, 6) is 0.627. The first-order valence-corrected chi connectivity index (χ1v) is 7.50. The first-order chi connectivity index (χ1) is 8.12. The Kier molecular flexibility index (Phi) is 6.21. The molecule has 0 saturated heterocycles. The maximum absolute atomic E-state index is 6.13. The molecule has 1 aromatic carbocycles. The average Bonchev–Trinajstić information content (AvgIpc) is 2.37. The smallest absolute Gasteiger partial charge is 0.0999 e. The first kappa shape index (κ1) is 14.7. The maximum atomic E-state index is 6.13. The molecule has 0 N–H and O–H groups in total. The van der Waals surface area contributed by atoms with Crippen molar-refractivity contribution in [2.45, 2.75) is 39.2 Å². The van der Waals surface area contributed by atoms with Gasteiger partial charge < -0.3 is 4.74 Å². The molecule has 2 heteroatoms. The van der Waals surface area contributed by atoms with E-state index < -0.39 is 0 Å². The van der Waals surface area contributed by atoms with Gasteiger partial charge in [-0.2, -0.15) is 0 Å². The Bertz CT molecular complexity index is 312. The fourth-order valence-electron chi connectivity index (χ4n) is 1.89. The molecule has 2 atom stereocenters. The van der Waals surface area contributed by atoms with Crippen molar-refractivity contribution in [2.75, 3.05) is 11.9 Å².